The number of rotatable bonds is 0. The van der Waals surface area contributed by atoms with Gasteiger partial charge in [0.25, 0.3) is 0 Å². The fraction of sp³-hybridized carbons (Fsp3) is 0.917. The normalized spacial score (nSPS) is 44.5. The van der Waals surface area contributed by atoms with E-state index in [4.69, 9.17) is 4.74 Å². The van der Waals surface area contributed by atoms with Crippen LogP contribution in [-0.2, 0) is 9.53 Å². The van der Waals surface area contributed by atoms with Crippen molar-refractivity contribution in [1.82, 2.24) is 5.32 Å². The molecule has 3 rings (SSSR count). The number of hydrogen-bond acceptors (Lipinski definition) is 2. The third-order valence-corrected chi connectivity index (χ3v) is 4.49. The first-order valence-corrected chi connectivity index (χ1v) is 6.27. The summed E-state index contributed by atoms with van der Waals surface area (Å²) in [5, 5.41) is 2.79. The highest BCUT2D eigenvalue weighted by Gasteiger charge is 2.53. The summed E-state index contributed by atoms with van der Waals surface area (Å²) in [5.74, 6) is -2.18. The van der Waals surface area contributed by atoms with Crippen LogP contribution in [0.5, 0.6) is 0 Å². The summed E-state index contributed by atoms with van der Waals surface area (Å²) in [6.45, 7) is 0.570. The van der Waals surface area contributed by atoms with Crippen LogP contribution in [0.15, 0.2) is 0 Å². The second-order valence-corrected chi connectivity index (χ2v) is 5.78. The minimum atomic E-state index is -2.50. The van der Waals surface area contributed by atoms with Crippen molar-refractivity contribution in [3.05, 3.63) is 0 Å². The van der Waals surface area contributed by atoms with Crippen molar-refractivity contribution < 1.29 is 18.3 Å². The zero-order valence-electron chi connectivity index (χ0n) is 9.68. The van der Waals surface area contributed by atoms with Crippen LogP contribution >= 0.6 is 0 Å². The van der Waals surface area contributed by atoms with E-state index in [1.165, 1.54) is 0 Å². The molecule has 0 radical (unpaired) electrons. The smallest absolute Gasteiger partial charge is 0.248 e. The number of carbonyl (C=O) groups is 1. The zero-order chi connectivity index (χ0) is 12.1. The molecular formula is C12H17F2NO2. The Morgan fingerprint density at radius 2 is 2.00 bits per heavy atom. The third kappa shape index (κ3) is 2.05. The van der Waals surface area contributed by atoms with Crippen LogP contribution in [0.1, 0.15) is 32.1 Å². The fourth-order valence-electron chi connectivity index (χ4n) is 3.67. The molecule has 96 valence electrons. The van der Waals surface area contributed by atoms with Crippen LogP contribution in [0.25, 0.3) is 0 Å². The predicted octanol–water partition coefficient (Wildman–Crippen LogP) is 1.72. The summed E-state index contributed by atoms with van der Waals surface area (Å²) in [5.41, 5.74) is -0.357. The van der Waals surface area contributed by atoms with Crippen LogP contribution < -0.4 is 5.32 Å². The monoisotopic (exact) mass is 245 g/mol. The predicted molar refractivity (Wildman–Crippen MR) is 56.7 cm³/mol. The van der Waals surface area contributed by atoms with E-state index in [1.807, 2.05) is 0 Å². The molecule has 1 saturated heterocycles. The van der Waals surface area contributed by atoms with Crippen molar-refractivity contribution in [2.24, 2.45) is 11.8 Å². The summed E-state index contributed by atoms with van der Waals surface area (Å²) < 4.78 is 32.3. The van der Waals surface area contributed by atoms with E-state index in [0.29, 0.717) is 25.3 Å². The lowest BCUT2D eigenvalue weighted by Crippen LogP contribution is -2.51. The molecule has 0 bridgehead atoms. The molecule has 3 unspecified atom stereocenters. The quantitative estimate of drug-likeness (QED) is 0.705. The van der Waals surface area contributed by atoms with Gasteiger partial charge < -0.3 is 10.1 Å². The maximum absolute atomic E-state index is 13.3. The Hall–Kier alpha value is -0.710. The molecule has 1 heterocycles. The van der Waals surface area contributed by atoms with Gasteiger partial charge in [0, 0.05) is 19.4 Å². The second kappa shape index (κ2) is 3.64. The van der Waals surface area contributed by atoms with Gasteiger partial charge in [-0.2, -0.15) is 0 Å². The van der Waals surface area contributed by atoms with E-state index in [9.17, 15) is 13.6 Å². The summed E-state index contributed by atoms with van der Waals surface area (Å²) in [6.07, 6.45) is 2.10. The number of ether oxygens (including phenoxy) is 1. The first kappa shape index (κ1) is 11.4. The van der Waals surface area contributed by atoms with Gasteiger partial charge in [0.1, 0.15) is 6.61 Å². The van der Waals surface area contributed by atoms with Gasteiger partial charge in [-0.25, -0.2) is 8.78 Å². The SMILES string of the molecule is O=C1COC2(CN1)CC1CCC(F)(F)CC1C2. The van der Waals surface area contributed by atoms with Crippen molar-refractivity contribution in [2.75, 3.05) is 13.2 Å². The van der Waals surface area contributed by atoms with E-state index in [-0.39, 0.29) is 36.9 Å². The zero-order valence-corrected chi connectivity index (χ0v) is 9.68. The Kier molecular flexibility index (Phi) is 2.44. The number of alkyl halides is 2. The van der Waals surface area contributed by atoms with Gasteiger partial charge in [0.05, 0.1) is 5.60 Å². The van der Waals surface area contributed by atoms with Gasteiger partial charge in [-0.05, 0) is 31.1 Å². The molecule has 3 nitrogen and oxygen atoms in total. The Morgan fingerprint density at radius 1 is 1.24 bits per heavy atom. The van der Waals surface area contributed by atoms with Gasteiger partial charge in [-0.3, -0.25) is 4.79 Å². The largest absolute Gasteiger partial charge is 0.363 e. The third-order valence-electron chi connectivity index (χ3n) is 4.49. The highest BCUT2D eigenvalue weighted by molar-refractivity contribution is 5.78. The van der Waals surface area contributed by atoms with E-state index in [1.54, 1.807) is 0 Å². The van der Waals surface area contributed by atoms with Gasteiger partial charge >= 0.3 is 0 Å². The first-order chi connectivity index (χ1) is 7.98. The topological polar surface area (TPSA) is 38.3 Å². The Morgan fingerprint density at radius 3 is 2.71 bits per heavy atom. The number of amides is 1. The maximum Gasteiger partial charge on any atom is 0.248 e. The molecule has 3 atom stereocenters. The van der Waals surface area contributed by atoms with Gasteiger partial charge in [-0.15, -0.1) is 0 Å². The molecule has 1 N–H and O–H groups in total. The molecule has 1 amide bonds. The van der Waals surface area contributed by atoms with Crippen molar-refractivity contribution >= 4 is 5.91 Å². The number of carbonyl (C=O) groups excluding carboxylic acids is 1. The number of hydrogen-bond donors (Lipinski definition) is 1. The van der Waals surface area contributed by atoms with Crippen LogP contribution in [0.2, 0.25) is 0 Å². The molecule has 2 aliphatic carbocycles. The molecule has 0 aromatic carbocycles. The molecule has 2 saturated carbocycles. The summed E-state index contributed by atoms with van der Waals surface area (Å²) >= 11 is 0. The first-order valence-electron chi connectivity index (χ1n) is 6.27. The van der Waals surface area contributed by atoms with E-state index >= 15 is 0 Å². The summed E-state index contributed by atoms with van der Waals surface area (Å²) in [4.78, 5) is 11.1. The molecule has 3 aliphatic rings. The number of nitrogens with one attached hydrogen (secondary N) is 1. The molecular weight excluding hydrogens is 228 g/mol. The Labute approximate surface area is 98.9 Å². The average molecular weight is 245 g/mol. The van der Waals surface area contributed by atoms with Crippen LogP contribution in [0.4, 0.5) is 8.78 Å². The molecule has 0 aromatic rings. The maximum atomic E-state index is 13.3. The Balaban J connectivity index is 1.70. The van der Waals surface area contributed by atoms with E-state index in [2.05, 4.69) is 5.32 Å². The highest BCUT2D eigenvalue weighted by Crippen LogP contribution is 2.52. The lowest BCUT2D eigenvalue weighted by atomic mass is 9.80. The van der Waals surface area contributed by atoms with Gasteiger partial charge in [0.2, 0.25) is 11.8 Å². The van der Waals surface area contributed by atoms with Gasteiger partial charge in [-0.1, -0.05) is 0 Å². The number of halogens is 2. The lowest BCUT2D eigenvalue weighted by molar-refractivity contribution is -0.143. The van der Waals surface area contributed by atoms with E-state index < -0.39 is 5.92 Å². The minimum Gasteiger partial charge on any atom is -0.363 e. The van der Waals surface area contributed by atoms with Crippen LogP contribution in [0, 0.1) is 11.8 Å². The fourth-order valence-corrected chi connectivity index (χ4v) is 3.67. The summed E-state index contributed by atoms with van der Waals surface area (Å²) in [7, 11) is 0. The number of morpholine rings is 1. The summed E-state index contributed by atoms with van der Waals surface area (Å²) in [6, 6.07) is 0. The Bertz CT molecular complexity index is 335. The highest BCUT2D eigenvalue weighted by atomic mass is 19.3. The van der Waals surface area contributed by atoms with Crippen molar-refractivity contribution in [1.29, 1.82) is 0 Å². The van der Waals surface area contributed by atoms with Crippen molar-refractivity contribution in [3.8, 4) is 0 Å². The molecule has 17 heavy (non-hydrogen) atoms. The van der Waals surface area contributed by atoms with Crippen LogP contribution in [-0.4, -0.2) is 30.6 Å². The standard InChI is InChI=1S/C12H17F2NO2/c13-12(14)2-1-8-3-11(4-9(8)5-12)7-15-10(16)6-17-11/h8-9H,1-7H2,(H,15,16). The minimum absolute atomic E-state index is 0.00325. The van der Waals surface area contributed by atoms with Crippen molar-refractivity contribution in [2.45, 2.75) is 43.6 Å². The van der Waals surface area contributed by atoms with E-state index in [0.717, 1.165) is 6.42 Å². The number of fused-ring (bicyclic) bond motifs is 1. The molecule has 5 heteroatoms. The van der Waals surface area contributed by atoms with Gasteiger partial charge in [0.15, 0.2) is 0 Å². The second-order valence-electron chi connectivity index (χ2n) is 5.78. The molecule has 0 aromatic heterocycles. The molecule has 1 spiro atoms. The van der Waals surface area contributed by atoms with Crippen LogP contribution in [0.3, 0.4) is 0 Å². The van der Waals surface area contributed by atoms with Crippen molar-refractivity contribution in [3.63, 3.8) is 0 Å². The average Bonchev–Trinajstić information content (AvgIpc) is 2.59. The lowest BCUT2D eigenvalue weighted by Gasteiger charge is -2.34. The molecule has 3 fully saturated rings. The molecule has 1 aliphatic heterocycles.